The lowest BCUT2D eigenvalue weighted by Crippen LogP contribution is -2.48. The lowest BCUT2D eigenvalue weighted by atomic mass is 9.80. The van der Waals surface area contributed by atoms with E-state index >= 15 is 0 Å². The molecule has 3 N–H and O–H groups in total. The number of aliphatic hydroxyl groups is 1. The van der Waals surface area contributed by atoms with Crippen molar-refractivity contribution in [2.45, 2.75) is 70.4 Å². The van der Waals surface area contributed by atoms with Gasteiger partial charge in [0.05, 0.1) is 0 Å². The first-order chi connectivity index (χ1) is 8.48. The fourth-order valence-corrected chi connectivity index (χ4v) is 2.75. The minimum atomic E-state index is -0.290. The zero-order chi connectivity index (χ0) is 13.6. The number of aliphatic hydroxyl groups excluding tert-OH is 1. The van der Waals surface area contributed by atoms with Crippen LogP contribution in [0.25, 0.3) is 0 Å². The van der Waals surface area contributed by atoms with Crippen LogP contribution in [0.1, 0.15) is 58.8 Å². The minimum Gasteiger partial charge on any atom is -0.396 e. The van der Waals surface area contributed by atoms with Crippen LogP contribution in [-0.4, -0.2) is 40.6 Å². The number of carbonyl (C=O) groups is 1. The molecule has 4 heteroatoms. The van der Waals surface area contributed by atoms with E-state index in [9.17, 15) is 4.79 Å². The third-order valence-electron chi connectivity index (χ3n) is 3.85. The summed E-state index contributed by atoms with van der Waals surface area (Å²) in [5, 5.41) is 8.89. The van der Waals surface area contributed by atoms with Gasteiger partial charge in [0, 0.05) is 31.2 Å². The van der Waals surface area contributed by atoms with Crippen LogP contribution in [0, 0.1) is 0 Å². The van der Waals surface area contributed by atoms with Gasteiger partial charge in [0.15, 0.2) is 0 Å². The Morgan fingerprint density at radius 1 is 1.33 bits per heavy atom. The maximum absolute atomic E-state index is 12.3. The maximum Gasteiger partial charge on any atom is 0.224 e. The van der Waals surface area contributed by atoms with Crippen molar-refractivity contribution < 1.29 is 9.90 Å². The third kappa shape index (κ3) is 4.58. The summed E-state index contributed by atoms with van der Waals surface area (Å²) in [5.41, 5.74) is 6.04. The molecule has 1 fully saturated rings. The highest BCUT2D eigenvalue weighted by atomic mass is 16.3. The Morgan fingerprint density at radius 3 is 2.44 bits per heavy atom. The molecule has 0 atom stereocenters. The fourth-order valence-electron chi connectivity index (χ4n) is 2.75. The Morgan fingerprint density at radius 2 is 1.94 bits per heavy atom. The van der Waals surface area contributed by atoms with Gasteiger partial charge in [0.25, 0.3) is 0 Å². The molecule has 18 heavy (non-hydrogen) atoms. The van der Waals surface area contributed by atoms with Crippen LogP contribution in [0.4, 0.5) is 0 Å². The molecule has 0 bridgehead atoms. The van der Waals surface area contributed by atoms with E-state index < -0.39 is 0 Å². The number of nitrogens with two attached hydrogens (primary N) is 1. The average Bonchev–Trinajstić information content (AvgIpc) is 2.29. The van der Waals surface area contributed by atoms with Crippen LogP contribution >= 0.6 is 0 Å². The quantitative estimate of drug-likeness (QED) is 0.759. The lowest BCUT2D eigenvalue weighted by Gasteiger charge is -2.36. The molecule has 1 saturated carbocycles. The highest BCUT2D eigenvalue weighted by Crippen LogP contribution is 2.29. The molecule has 0 unspecified atom stereocenters. The Bertz CT molecular complexity index is 261. The topological polar surface area (TPSA) is 66.6 Å². The molecule has 0 heterocycles. The monoisotopic (exact) mass is 256 g/mol. The standard InChI is InChI=1S/C14H28N2O2/c1-12(2)16(9-6-10-17)13(18)11-14(15)7-4-3-5-8-14/h12,17H,3-11,15H2,1-2H3. The van der Waals surface area contributed by atoms with Crippen molar-refractivity contribution >= 4 is 5.91 Å². The SMILES string of the molecule is CC(C)N(CCCO)C(=O)CC1(N)CCCCC1. The molecule has 1 amide bonds. The summed E-state index contributed by atoms with van der Waals surface area (Å²) in [6.45, 7) is 4.78. The molecule has 106 valence electrons. The number of nitrogens with zero attached hydrogens (tertiary/aromatic N) is 1. The fraction of sp³-hybridized carbons (Fsp3) is 0.929. The zero-order valence-electron chi connectivity index (χ0n) is 11.8. The van der Waals surface area contributed by atoms with Gasteiger partial charge < -0.3 is 15.7 Å². The summed E-state index contributed by atoms with van der Waals surface area (Å²) in [7, 11) is 0. The molecule has 1 rings (SSSR count). The summed E-state index contributed by atoms with van der Waals surface area (Å²) in [6, 6.07) is 0.177. The Balaban J connectivity index is 2.54. The molecule has 1 aliphatic rings. The minimum absolute atomic E-state index is 0.129. The summed E-state index contributed by atoms with van der Waals surface area (Å²) >= 11 is 0. The predicted octanol–water partition coefficient (Wildman–Crippen LogP) is 1.66. The summed E-state index contributed by atoms with van der Waals surface area (Å²) in [5.74, 6) is 0.142. The summed E-state index contributed by atoms with van der Waals surface area (Å²) in [4.78, 5) is 14.2. The molecule has 0 radical (unpaired) electrons. The van der Waals surface area contributed by atoms with Crippen molar-refractivity contribution in [2.75, 3.05) is 13.2 Å². The molecule has 0 saturated heterocycles. The molecular weight excluding hydrogens is 228 g/mol. The van der Waals surface area contributed by atoms with Crippen molar-refractivity contribution in [1.29, 1.82) is 0 Å². The van der Waals surface area contributed by atoms with Crippen molar-refractivity contribution in [1.82, 2.24) is 4.90 Å². The Kier molecular flexibility index (Phi) is 6.09. The first-order valence-corrected chi connectivity index (χ1v) is 7.18. The van der Waals surface area contributed by atoms with E-state index in [4.69, 9.17) is 10.8 Å². The second-order valence-corrected chi connectivity index (χ2v) is 5.86. The van der Waals surface area contributed by atoms with Crippen molar-refractivity contribution in [3.05, 3.63) is 0 Å². The van der Waals surface area contributed by atoms with Gasteiger partial charge in [-0.25, -0.2) is 0 Å². The molecule has 4 nitrogen and oxygen atoms in total. The van der Waals surface area contributed by atoms with E-state index in [1.54, 1.807) is 0 Å². The smallest absolute Gasteiger partial charge is 0.224 e. The van der Waals surface area contributed by atoms with Gasteiger partial charge in [-0.3, -0.25) is 4.79 Å². The van der Waals surface area contributed by atoms with Gasteiger partial charge in [-0.2, -0.15) is 0 Å². The van der Waals surface area contributed by atoms with Gasteiger partial charge in [0.2, 0.25) is 5.91 Å². The number of hydrogen-bond donors (Lipinski definition) is 2. The zero-order valence-corrected chi connectivity index (χ0v) is 11.8. The first-order valence-electron chi connectivity index (χ1n) is 7.18. The maximum atomic E-state index is 12.3. The van der Waals surface area contributed by atoms with E-state index in [0.29, 0.717) is 19.4 Å². The normalized spacial score (nSPS) is 18.9. The van der Waals surface area contributed by atoms with Gasteiger partial charge >= 0.3 is 0 Å². The Labute approximate surface area is 111 Å². The van der Waals surface area contributed by atoms with Crippen molar-refractivity contribution in [3.8, 4) is 0 Å². The molecule has 0 spiro atoms. The number of hydrogen-bond acceptors (Lipinski definition) is 3. The summed E-state index contributed by atoms with van der Waals surface area (Å²) < 4.78 is 0. The molecule has 0 aromatic rings. The van der Waals surface area contributed by atoms with E-state index in [-0.39, 0.29) is 24.1 Å². The molecular formula is C14H28N2O2. The van der Waals surface area contributed by atoms with Gasteiger partial charge in [0.1, 0.15) is 0 Å². The van der Waals surface area contributed by atoms with E-state index in [2.05, 4.69) is 0 Å². The molecule has 1 aliphatic carbocycles. The van der Waals surface area contributed by atoms with E-state index in [1.807, 2.05) is 18.7 Å². The predicted molar refractivity (Wildman–Crippen MR) is 73.2 cm³/mol. The van der Waals surface area contributed by atoms with Crippen LogP contribution < -0.4 is 5.73 Å². The molecule has 0 aliphatic heterocycles. The van der Waals surface area contributed by atoms with Gasteiger partial charge in [-0.15, -0.1) is 0 Å². The lowest BCUT2D eigenvalue weighted by molar-refractivity contribution is -0.134. The highest BCUT2D eigenvalue weighted by Gasteiger charge is 2.32. The highest BCUT2D eigenvalue weighted by molar-refractivity contribution is 5.77. The second-order valence-electron chi connectivity index (χ2n) is 5.86. The van der Waals surface area contributed by atoms with E-state index in [0.717, 1.165) is 25.7 Å². The largest absolute Gasteiger partial charge is 0.396 e. The first kappa shape index (κ1) is 15.4. The number of amides is 1. The number of rotatable bonds is 6. The van der Waals surface area contributed by atoms with Crippen LogP contribution in [0.15, 0.2) is 0 Å². The average molecular weight is 256 g/mol. The van der Waals surface area contributed by atoms with E-state index in [1.165, 1.54) is 6.42 Å². The van der Waals surface area contributed by atoms with Crippen LogP contribution in [-0.2, 0) is 4.79 Å². The Hall–Kier alpha value is -0.610. The van der Waals surface area contributed by atoms with Crippen molar-refractivity contribution in [2.24, 2.45) is 5.73 Å². The van der Waals surface area contributed by atoms with Gasteiger partial charge in [-0.1, -0.05) is 19.3 Å². The van der Waals surface area contributed by atoms with Crippen LogP contribution in [0.2, 0.25) is 0 Å². The van der Waals surface area contributed by atoms with Crippen LogP contribution in [0.3, 0.4) is 0 Å². The third-order valence-corrected chi connectivity index (χ3v) is 3.85. The summed E-state index contributed by atoms with van der Waals surface area (Å²) in [6.07, 6.45) is 6.54. The van der Waals surface area contributed by atoms with Crippen LogP contribution in [0.5, 0.6) is 0 Å². The molecule has 0 aromatic carbocycles. The van der Waals surface area contributed by atoms with Crippen molar-refractivity contribution in [3.63, 3.8) is 0 Å². The second kappa shape index (κ2) is 7.10. The number of carbonyl (C=O) groups excluding carboxylic acids is 1. The van der Waals surface area contributed by atoms with Gasteiger partial charge in [-0.05, 0) is 33.1 Å². The molecule has 0 aromatic heterocycles.